The fourth-order valence-corrected chi connectivity index (χ4v) is 4.62. The third-order valence-electron chi connectivity index (χ3n) is 5.83. The zero-order chi connectivity index (χ0) is 17.0. The Morgan fingerprint density at radius 3 is 2.84 bits per heavy atom. The van der Waals surface area contributed by atoms with E-state index >= 15 is 0 Å². The molecule has 0 unspecified atom stereocenters. The van der Waals surface area contributed by atoms with Crippen LogP contribution in [0.25, 0.3) is 10.9 Å². The number of amides is 1. The minimum atomic E-state index is -0.298. The molecule has 3 atom stereocenters. The Balaban J connectivity index is 1.56. The minimum Gasteiger partial charge on any atom is -0.368 e. The number of nitrogens with zero attached hydrogens (tertiary/aromatic N) is 3. The molecule has 1 aromatic heterocycles. The highest BCUT2D eigenvalue weighted by Crippen LogP contribution is 2.32. The molecule has 6 heteroatoms. The van der Waals surface area contributed by atoms with Crippen molar-refractivity contribution in [2.24, 2.45) is 0 Å². The smallest absolute Gasteiger partial charge is 0.261 e. The van der Waals surface area contributed by atoms with Crippen LogP contribution in [-0.4, -0.2) is 45.2 Å². The Morgan fingerprint density at radius 1 is 1.16 bits per heavy atom. The van der Waals surface area contributed by atoms with Gasteiger partial charge >= 0.3 is 0 Å². The summed E-state index contributed by atoms with van der Waals surface area (Å²) in [6.45, 7) is 1.22. The molecule has 1 amide bonds. The minimum absolute atomic E-state index is 0.0117. The first-order valence-electron chi connectivity index (χ1n) is 9.14. The molecule has 2 bridgehead atoms. The molecule has 0 radical (unpaired) electrons. The first-order valence-corrected chi connectivity index (χ1v) is 9.14. The maximum Gasteiger partial charge on any atom is 0.261 e. The van der Waals surface area contributed by atoms with E-state index in [9.17, 15) is 9.59 Å². The Bertz CT molecular complexity index is 900. The first kappa shape index (κ1) is 15.1. The summed E-state index contributed by atoms with van der Waals surface area (Å²) in [5.74, 6) is 0.913. The Kier molecular flexibility index (Phi) is 3.41. The molecule has 2 aromatic rings. The van der Waals surface area contributed by atoms with Crippen molar-refractivity contribution in [2.45, 2.75) is 56.8 Å². The van der Waals surface area contributed by atoms with Crippen LogP contribution in [-0.2, 0) is 22.5 Å². The molecule has 130 valence electrons. The number of carbonyl (C=O) groups is 1. The van der Waals surface area contributed by atoms with Gasteiger partial charge in [-0.1, -0.05) is 12.1 Å². The van der Waals surface area contributed by atoms with Crippen LogP contribution in [0.4, 0.5) is 0 Å². The van der Waals surface area contributed by atoms with Crippen molar-refractivity contribution in [1.29, 1.82) is 0 Å². The van der Waals surface area contributed by atoms with Gasteiger partial charge in [-0.25, -0.2) is 4.98 Å². The van der Waals surface area contributed by atoms with Crippen molar-refractivity contribution < 1.29 is 9.53 Å². The van der Waals surface area contributed by atoms with Crippen LogP contribution in [0, 0.1) is 0 Å². The number of ether oxygens (including phenoxy) is 1. The summed E-state index contributed by atoms with van der Waals surface area (Å²) in [6, 6.07) is 7.69. The second-order valence-electron chi connectivity index (χ2n) is 7.30. The van der Waals surface area contributed by atoms with Gasteiger partial charge in [0.25, 0.3) is 11.5 Å². The zero-order valence-electron chi connectivity index (χ0n) is 14.1. The van der Waals surface area contributed by atoms with Crippen LogP contribution in [0.1, 0.15) is 31.5 Å². The summed E-state index contributed by atoms with van der Waals surface area (Å²) in [5.41, 5.74) is 0.756. The van der Waals surface area contributed by atoms with Gasteiger partial charge in [0.2, 0.25) is 0 Å². The van der Waals surface area contributed by atoms with E-state index in [1.54, 1.807) is 4.57 Å². The van der Waals surface area contributed by atoms with Crippen LogP contribution in [0.15, 0.2) is 29.1 Å². The number of benzene rings is 1. The number of aromatic nitrogens is 2. The van der Waals surface area contributed by atoms with Crippen molar-refractivity contribution in [3.05, 3.63) is 40.4 Å². The van der Waals surface area contributed by atoms with Crippen LogP contribution < -0.4 is 5.56 Å². The lowest BCUT2D eigenvalue weighted by molar-refractivity contribution is -0.144. The predicted octanol–water partition coefficient (Wildman–Crippen LogP) is 1.49. The molecule has 0 spiro atoms. The van der Waals surface area contributed by atoms with Gasteiger partial charge in [-0.3, -0.25) is 14.2 Å². The lowest BCUT2D eigenvalue weighted by atomic mass is 10.1. The molecule has 3 aliphatic rings. The third kappa shape index (κ3) is 2.31. The van der Waals surface area contributed by atoms with Gasteiger partial charge in [0.15, 0.2) is 0 Å². The molecule has 4 heterocycles. The molecule has 5 rings (SSSR count). The monoisotopic (exact) mass is 339 g/mol. The van der Waals surface area contributed by atoms with Gasteiger partial charge in [-0.05, 0) is 37.8 Å². The van der Waals surface area contributed by atoms with Gasteiger partial charge in [0.05, 0.1) is 16.9 Å². The number of para-hydroxylation sites is 1. The van der Waals surface area contributed by atoms with Gasteiger partial charge in [0, 0.05) is 25.6 Å². The van der Waals surface area contributed by atoms with E-state index in [2.05, 4.69) is 0 Å². The average Bonchev–Trinajstić information content (AvgIpc) is 3.24. The van der Waals surface area contributed by atoms with Gasteiger partial charge in [-0.2, -0.15) is 0 Å². The molecule has 0 N–H and O–H groups in total. The number of rotatable bonds is 1. The van der Waals surface area contributed by atoms with Crippen LogP contribution in [0.5, 0.6) is 0 Å². The summed E-state index contributed by atoms with van der Waals surface area (Å²) in [5, 5.41) is 0.654. The lowest BCUT2D eigenvalue weighted by Crippen LogP contribution is -2.47. The Labute approximate surface area is 145 Å². The maximum atomic E-state index is 13.0. The number of carbonyl (C=O) groups excluding carboxylic acids is 1. The van der Waals surface area contributed by atoms with E-state index in [-0.39, 0.29) is 29.7 Å². The molecule has 2 fully saturated rings. The molecule has 0 saturated carbocycles. The predicted molar refractivity (Wildman–Crippen MR) is 92.3 cm³/mol. The number of hydrogen-bond acceptors (Lipinski definition) is 4. The second kappa shape index (κ2) is 5.66. The SMILES string of the molecule is O=C([C@@H]1CCCO1)N1[C@@H]2CC[C@@H]1Cn1c(nc3ccccc3c1=O)C2. The molecule has 2 saturated heterocycles. The van der Waals surface area contributed by atoms with Gasteiger partial charge in [-0.15, -0.1) is 0 Å². The highest BCUT2D eigenvalue weighted by Gasteiger charge is 2.43. The summed E-state index contributed by atoms with van der Waals surface area (Å²) < 4.78 is 7.42. The highest BCUT2D eigenvalue weighted by molar-refractivity contribution is 5.82. The molecule has 1 aromatic carbocycles. The average molecular weight is 339 g/mol. The summed E-state index contributed by atoms with van der Waals surface area (Å²) in [6.07, 6.45) is 4.03. The first-order chi connectivity index (χ1) is 12.2. The molecule has 25 heavy (non-hydrogen) atoms. The summed E-state index contributed by atoms with van der Waals surface area (Å²) in [4.78, 5) is 32.7. The van der Waals surface area contributed by atoms with E-state index in [0.29, 0.717) is 25.0 Å². The van der Waals surface area contributed by atoms with Crippen LogP contribution >= 0.6 is 0 Å². The van der Waals surface area contributed by atoms with Crippen molar-refractivity contribution in [3.8, 4) is 0 Å². The lowest BCUT2D eigenvalue weighted by Gasteiger charge is -2.30. The van der Waals surface area contributed by atoms with E-state index < -0.39 is 0 Å². The van der Waals surface area contributed by atoms with E-state index in [1.807, 2.05) is 29.2 Å². The number of hydrogen-bond donors (Lipinski definition) is 0. The Hall–Kier alpha value is -2.21. The van der Waals surface area contributed by atoms with E-state index in [0.717, 1.165) is 37.0 Å². The maximum absolute atomic E-state index is 13.0. The molecular weight excluding hydrogens is 318 g/mol. The van der Waals surface area contributed by atoms with Crippen molar-refractivity contribution in [3.63, 3.8) is 0 Å². The van der Waals surface area contributed by atoms with E-state index in [4.69, 9.17) is 9.72 Å². The van der Waals surface area contributed by atoms with Crippen LogP contribution in [0.2, 0.25) is 0 Å². The number of fused-ring (bicyclic) bond motifs is 4. The highest BCUT2D eigenvalue weighted by atomic mass is 16.5. The topological polar surface area (TPSA) is 64.4 Å². The normalized spacial score (nSPS) is 28.2. The third-order valence-corrected chi connectivity index (χ3v) is 5.83. The summed E-state index contributed by atoms with van der Waals surface area (Å²) in [7, 11) is 0. The van der Waals surface area contributed by atoms with E-state index in [1.165, 1.54) is 0 Å². The zero-order valence-corrected chi connectivity index (χ0v) is 14.1. The second-order valence-corrected chi connectivity index (χ2v) is 7.30. The van der Waals surface area contributed by atoms with Gasteiger partial charge < -0.3 is 9.64 Å². The van der Waals surface area contributed by atoms with Gasteiger partial charge in [0.1, 0.15) is 11.9 Å². The Morgan fingerprint density at radius 2 is 2.00 bits per heavy atom. The van der Waals surface area contributed by atoms with Crippen molar-refractivity contribution in [2.75, 3.05) is 6.61 Å². The fourth-order valence-electron chi connectivity index (χ4n) is 4.62. The molecule has 6 nitrogen and oxygen atoms in total. The standard InChI is InChI=1S/C19H21N3O3/c23-18-14-4-1-2-5-15(14)20-17-10-12-7-8-13(11-21(17)18)22(12)19(24)16-6-3-9-25-16/h1-2,4-5,12-13,16H,3,6-11H2/t12-,13-,16+/m1/s1. The quantitative estimate of drug-likeness (QED) is 0.790. The van der Waals surface area contributed by atoms with Crippen molar-refractivity contribution in [1.82, 2.24) is 14.5 Å². The van der Waals surface area contributed by atoms with Crippen molar-refractivity contribution >= 4 is 16.8 Å². The van der Waals surface area contributed by atoms with Crippen LogP contribution in [0.3, 0.4) is 0 Å². The largest absolute Gasteiger partial charge is 0.368 e. The molecule has 0 aliphatic carbocycles. The molecular formula is C19H21N3O3. The fraction of sp³-hybridized carbons (Fsp3) is 0.526. The summed E-state index contributed by atoms with van der Waals surface area (Å²) >= 11 is 0. The molecule has 3 aliphatic heterocycles.